The van der Waals surface area contributed by atoms with Crippen molar-refractivity contribution >= 4 is 9.84 Å². The second kappa shape index (κ2) is 5.15. The van der Waals surface area contributed by atoms with Crippen molar-refractivity contribution in [1.29, 1.82) is 0 Å². The molecule has 0 aromatic carbocycles. The summed E-state index contributed by atoms with van der Waals surface area (Å²) in [5.41, 5.74) is 2.11. The molecule has 2 aromatic rings. The highest BCUT2D eigenvalue weighted by atomic mass is 32.2. The summed E-state index contributed by atoms with van der Waals surface area (Å²) < 4.78 is 24.5. The van der Waals surface area contributed by atoms with Gasteiger partial charge in [0.15, 0.2) is 15.7 Å². The number of fused-ring (bicyclic) bond motifs is 1. The summed E-state index contributed by atoms with van der Waals surface area (Å²) in [6.07, 6.45) is 4.57. The predicted octanol–water partition coefficient (Wildman–Crippen LogP) is 0.534. The predicted molar refractivity (Wildman–Crippen MR) is 80.0 cm³/mol. The second-order valence-electron chi connectivity index (χ2n) is 6.23. The Kier molecular flexibility index (Phi) is 3.54. The van der Waals surface area contributed by atoms with Crippen LogP contribution in [0.4, 0.5) is 0 Å². The van der Waals surface area contributed by atoms with Gasteiger partial charge in [-0.15, -0.1) is 10.2 Å². The first-order valence-corrected chi connectivity index (χ1v) is 9.20. The zero-order chi connectivity index (χ0) is 16.0. The van der Waals surface area contributed by atoms with E-state index in [0.717, 1.165) is 25.1 Å². The van der Waals surface area contributed by atoms with Crippen LogP contribution in [0.3, 0.4) is 0 Å². The first-order chi connectivity index (χ1) is 10.3. The maximum Gasteiger partial charge on any atom is 0.195 e. The monoisotopic (exact) mass is 324 g/mol. The van der Waals surface area contributed by atoms with Crippen molar-refractivity contribution in [3.8, 4) is 0 Å². The Bertz CT molecular complexity index is 766. The molecule has 3 heterocycles. The van der Waals surface area contributed by atoms with Gasteiger partial charge in [0.05, 0.1) is 5.69 Å². The van der Waals surface area contributed by atoms with Crippen LogP contribution >= 0.6 is 0 Å². The molecule has 0 amide bonds. The molecule has 0 atom stereocenters. The van der Waals surface area contributed by atoms with Crippen molar-refractivity contribution in [3.63, 3.8) is 0 Å². The van der Waals surface area contributed by atoms with Crippen LogP contribution in [-0.4, -0.2) is 44.7 Å². The zero-order valence-corrected chi connectivity index (χ0v) is 13.8. The third kappa shape index (κ3) is 2.65. The molecule has 1 aliphatic heterocycles. The number of tetrazole rings is 1. The van der Waals surface area contributed by atoms with Gasteiger partial charge in [0.2, 0.25) is 0 Å². The largest absolute Gasteiger partial charge is 0.269 e. The van der Waals surface area contributed by atoms with Gasteiger partial charge in [-0.3, -0.25) is 4.68 Å². The number of hydrogen-bond acceptors (Lipinski definition) is 6. The van der Waals surface area contributed by atoms with Gasteiger partial charge in [0.25, 0.3) is 0 Å². The van der Waals surface area contributed by atoms with Gasteiger partial charge < -0.3 is 0 Å². The van der Waals surface area contributed by atoms with Crippen LogP contribution in [0.1, 0.15) is 43.9 Å². The fourth-order valence-corrected chi connectivity index (χ4v) is 2.83. The summed E-state index contributed by atoms with van der Waals surface area (Å²) in [5, 5.41) is 16.6. The molecule has 0 saturated heterocycles. The number of rotatable bonds is 4. The molecule has 3 rings (SSSR count). The van der Waals surface area contributed by atoms with Crippen molar-refractivity contribution in [1.82, 2.24) is 30.0 Å². The Hall–Kier alpha value is -1.77. The third-order valence-electron chi connectivity index (χ3n) is 4.19. The fraction of sp³-hybridized carbons (Fsp3) is 0.692. The number of aryl methyl sites for hydroxylation is 2. The third-order valence-corrected chi connectivity index (χ3v) is 6.23. The van der Waals surface area contributed by atoms with Gasteiger partial charge in [-0.2, -0.15) is 9.90 Å². The van der Waals surface area contributed by atoms with E-state index in [0.29, 0.717) is 6.54 Å². The van der Waals surface area contributed by atoms with Crippen LogP contribution in [0, 0.1) is 0 Å². The van der Waals surface area contributed by atoms with Crippen LogP contribution in [0.5, 0.6) is 0 Å². The van der Waals surface area contributed by atoms with Crippen molar-refractivity contribution < 1.29 is 8.42 Å². The van der Waals surface area contributed by atoms with Crippen LogP contribution in [0.15, 0.2) is 6.07 Å². The van der Waals surface area contributed by atoms with Crippen LogP contribution in [0.2, 0.25) is 0 Å². The normalized spacial score (nSPS) is 15.8. The highest BCUT2D eigenvalue weighted by Gasteiger charge is 2.37. The molecule has 22 heavy (non-hydrogen) atoms. The van der Waals surface area contributed by atoms with E-state index < -0.39 is 14.6 Å². The smallest absolute Gasteiger partial charge is 0.195 e. The average Bonchev–Trinajstić information content (AvgIpc) is 3.03. The second-order valence-corrected chi connectivity index (χ2v) is 8.80. The minimum Gasteiger partial charge on any atom is -0.269 e. The van der Waals surface area contributed by atoms with Crippen LogP contribution in [0.25, 0.3) is 0 Å². The molecule has 0 radical (unpaired) electrons. The summed E-state index contributed by atoms with van der Waals surface area (Å²) >= 11 is 0. The highest BCUT2D eigenvalue weighted by molar-refractivity contribution is 7.91. The summed E-state index contributed by atoms with van der Waals surface area (Å²) in [5.74, 6) is 0.207. The van der Waals surface area contributed by atoms with E-state index in [1.54, 1.807) is 13.8 Å². The van der Waals surface area contributed by atoms with Crippen molar-refractivity contribution in [3.05, 3.63) is 23.3 Å². The summed E-state index contributed by atoms with van der Waals surface area (Å²) in [6, 6.07) is 2.06. The van der Waals surface area contributed by atoms with E-state index in [2.05, 4.69) is 26.6 Å². The molecule has 120 valence electrons. The Morgan fingerprint density at radius 2 is 2.05 bits per heavy atom. The minimum absolute atomic E-state index is 0.207. The van der Waals surface area contributed by atoms with Crippen molar-refractivity contribution in [2.45, 2.75) is 50.9 Å². The number of sulfone groups is 1. The quantitative estimate of drug-likeness (QED) is 0.814. The van der Waals surface area contributed by atoms with E-state index >= 15 is 0 Å². The van der Waals surface area contributed by atoms with E-state index in [-0.39, 0.29) is 5.82 Å². The lowest BCUT2D eigenvalue weighted by molar-refractivity contribution is 0.477. The lowest BCUT2D eigenvalue weighted by Gasteiger charge is -2.17. The Balaban J connectivity index is 1.81. The standard InChI is InChI=1S/C13H20N6O2S/c1-13(2,22(3,20)21)12-14-17-19(16-12)9-10-8-11-6-4-5-7-18(11)15-10/h8H,4-7,9H2,1-3H3. The molecule has 2 aromatic heterocycles. The zero-order valence-electron chi connectivity index (χ0n) is 13.0. The molecule has 8 nitrogen and oxygen atoms in total. The topological polar surface area (TPSA) is 95.6 Å². The molecule has 0 spiro atoms. The number of aromatic nitrogens is 6. The molecular formula is C13H20N6O2S. The fourth-order valence-electron chi connectivity index (χ4n) is 2.42. The van der Waals surface area contributed by atoms with Crippen LogP contribution in [-0.2, 0) is 34.1 Å². The number of hydrogen-bond donors (Lipinski definition) is 0. The van der Waals surface area contributed by atoms with Gasteiger partial charge in [0, 0.05) is 18.5 Å². The Morgan fingerprint density at radius 3 is 2.73 bits per heavy atom. The molecule has 0 N–H and O–H groups in total. The van der Waals surface area contributed by atoms with Gasteiger partial charge in [-0.05, 0) is 44.4 Å². The van der Waals surface area contributed by atoms with E-state index in [1.807, 2.05) is 4.68 Å². The molecular weight excluding hydrogens is 304 g/mol. The maximum absolute atomic E-state index is 11.8. The first-order valence-electron chi connectivity index (χ1n) is 7.31. The first kappa shape index (κ1) is 15.1. The highest BCUT2D eigenvalue weighted by Crippen LogP contribution is 2.25. The lowest BCUT2D eigenvalue weighted by atomic mass is 10.1. The Labute approximate surface area is 129 Å². The summed E-state index contributed by atoms with van der Waals surface area (Å²) in [6.45, 7) is 4.51. The molecule has 0 saturated carbocycles. The molecule has 0 unspecified atom stereocenters. The number of nitrogens with zero attached hydrogens (tertiary/aromatic N) is 6. The maximum atomic E-state index is 11.8. The molecule has 0 bridgehead atoms. The van der Waals surface area contributed by atoms with E-state index in [1.165, 1.54) is 23.2 Å². The lowest BCUT2D eigenvalue weighted by Crippen LogP contribution is -2.29. The van der Waals surface area contributed by atoms with Gasteiger partial charge in [-0.25, -0.2) is 8.42 Å². The van der Waals surface area contributed by atoms with Crippen molar-refractivity contribution in [2.75, 3.05) is 6.26 Å². The van der Waals surface area contributed by atoms with Crippen LogP contribution < -0.4 is 0 Å². The minimum atomic E-state index is -3.32. The molecule has 0 aliphatic carbocycles. The SMILES string of the molecule is CC(C)(c1nnn(Cc2cc3n(n2)CCCC3)n1)S(C)(=O)=O. The van der Waals surface area contributed by atoms with E-state index in [9.17, 15) is 8.42 Å². The molecule has 1 aliphatic rings. The summed E-state index contributed by atoms with van der Waals surface area (Å²) in [7, 11) is -3.32. The van der Waals surface area contributed by atoms with E-state index in [4.69, 9.17) is 0 Å². The van der Waals surface area contributed by atoms with Gasteiger partial charge in [0.1, 0.15) is 11.3 Å². The molecule has 0 fully saturated rings. The van der Waals surface area contributed by atoms with Gasteiger partial charge in [-0.1, -0.05) is 0 Å². The Morgan fingerprint density at radius 1 is 1.27 bits per heavy atom. The van der Waals surface area contributed by atoms with Crippen molar-refractivity contribution in [2.24, 2.45) is 0 Å². The average molecular weight is 324 g/mol. The van der Waals surface area contributed by atoms with Gasteiger partial charge >= 0.3 is 0 Å². The molecule has 9 heteroatoms. The summed E-state index contributed by atoms with van der Waals surface area (Å²) in [4.78, 5) is 1.40.